The van der Waals surface area contributed by atoms with Gasteiger partial charge in [0.25, 0.3) is 0 Å². The second-order valence-corrected chi connectivity index (χ2v) is 3.89. The molecule has 5 heteroatoms. The normalized spacial score (nSPS) is 10.4. The van der Waals surface area contributed by atoms with E-state index >= 15 is 0 Å². The lowest BCUT2D eigenvalue weighted by Gasteiger charge is -2.08. The highest BCUT2D eigenvalue weighted by molar-refractivity contribution is 5.31. The zero-order valence-electron chi connectivity index (χ0n) is 10.4. The van der Waals surface area contributed by atoms with Crippen LogP contribution in [0.5, 0.6) is 11.8 Å². The minimum absolute atomic E-state index is 0.0768. The van der Waals surface area contributed by atoms with Crippen LogP contribution in [0.3, 0.4) is 0 Å². The first-order valence-corrected chi connectivity index (χ1v) is 5.79. The van der Waals surface area contributed by atoms with E-state index in [1.165, 1.54) is 12.4 Å². The van der Waals surface area contributed by atoms with Gasteiger partial charge in [-0.2, -0.15) is 0 Å². The van der Waals surface area contributed by atoms with Crippen molar-refractivity contribution in [3.8, 4) is 11.8 Å². The average Bonchev–Trinajstić information content (AvgIpc) is 2.41. The molecular weight excluding hydrogens is 230 g/mol. The van der Waals surface area contributed by atoms with Gasteiger partial charge in [0.05, 0.1) is 12.3 Å². The molecule has 0 saturated heterocycles. The Balaban J connectivity index is 2.22. The van der Waals surface area contributed by atoms with Crippen LogP contribution >= 0.6 is 0 Å². The lowest BCUT2D eigenvalue weighted by atomic mass is 10.2. The summed E-state index contributed by atoms with van der Waals surface area (Å²) in [5.74, 6) is 0.667. The van der Waals surface area contributed by atoms with Crippen molar-refractivity contribution in [3.05, 3.63) is 41.5 Å². The third-order valence-electron chi connectivity index (χ3n) is 2.47. The van der Waals surface area contributed by atoms with Crippen molar-refractivity contribution in [1.82, 2.24) is 15.0 Å². The fraction of sp³-hybridized carbons (Fsp3) is 0.308. The Bertz CT molecular complexity index is 526. The summed E-state index contributed by atoms with van der Waals surface area (Å²) >= 11 is 0. The standard InChI is InChI=1S/C13H15N3O2/c1-3-11-12(5-4-9(2)16-11)18-13-14-6-10(8-17)7-15-13/h4-7,17H,3,8H2,1-2H3. The van der Waals surface area contributed by atoms with Crippen LogP contribution < -0.4 is 4.74 Å². The van der Waals surface area contributed by atoms with Crippen molar-refractivity contribution >= 4 is 0 Å². The molecular formula is C13H15N3O2. The van der Waals surface area contributed by atoms with Gasteiger partial charge in [-0.15, -0.1) is 0 Å². The third-order valence-corrected chi connectivity index (χ3v) is 2.47. The molecule has 5 nitrogen and oxygen atoms in total. The Kier molecular flexibility index (Phi) is 3.84. The van der Waals surface area contributed by atoms with Crippen molar-refractivity contribution in [2.24, 2.45) is 0 Å². The Morgan fingerprint density at radius 2 is 1.94 bits per heavy atom. The van der Waals surface area contributed by atoms with Gasteiger partial charge in [0.2, 0.25) is 0 Å². The molecule has 18 heavy (non-hydrogen) atoms. The van der Waals surface area contributed by atoms with Crippen LogP contribution in [0, 0.1) is 6.92 Å². The van der Waals surface area contributed by atoms with Crippen LogP contribution in [0.2, 0.25) is 0 Å². The van der Waals surface area contributed by atoms with Gasteiger partial charge >= 0.3 is 6.01 Å². The lowest BCUT2D eigenvalue weighted by Crippen LogP contribution is -1.99. The molecule has 94 valence electrons. The van der Waals surface area contributed by atoms with Gasteiger partial charge in [-0.3, -0.25) is 4.98 Å². The molecule has 0 radical (unpaired) electrons. The Labute approximate surface area is 106 Å². The van der Waals surface area contributed by atoms with Crippen LogP contribution in [-0.4, -0.2) is 20.1 Å². The number of rotatable bonds is 4. The summed E-state index contributed by atoms with van der Waals surface area (Å²) in [5.41, 5.74) is 2.49. The first-order chi connectivity index (χ1) is 8.72. The first-order valence-electron chi connectivity index (χ1n) is 5.79. The summed E-state index contributed by atoms with van der Waals surface area (Å²) in [4.78, 5) is 12.4. The molecule has 0 amide bonds. The van der Waals surface area contributed by atoms with E-state index in [0.717, 1.165) is 17.8 Å². The maximum atomic E-state index is 8.90. The minimum atomic E-state index is -0.0768. The minimum Gasteiger partial charge on any atom is -0.422 e. The number of pyridine rings is 1. The predicted octanol–water partition coefficient (Wildman–Crippen LogP) is 2.03. The molecule has 0 spiro atoms. The van der Waals surface area contributed by atoms with E-state index in [9.17, 15) is 0 Å². The molecule has 0 aliphatic carbocycles. The van der Waals surface area contributed by atoms with Gasteiger partial charge in [0.1, 0.15) is 0 Å². The first kappa shape index (κ1) is 12.4. The van der Waals surface area contributed by atoms with Crippen LogP contribution in [0.25, 0.3) is 0 Å². The highest BCUT2D eigenvalue weighted by Crippen LogP contribution is 2.22. The maximum absolute atomic E-state index is 8.90. The molecule has 0 unspecified atom stereocenters. The van der Waals surface area contributed by atoms with E-state index in [0.29, 0.717) is 11.3 Å². The fourth-order valence-electron chi connectivity index (χ4n) is 1.52. The predicted molar refractivity (Wildman–Crippen MR) is 66.4 cm³/mol. The number of aromatic nitrogens is 3. The Hall–Kier alpha value is -2.01. The summed E-state index contributed by atoms with van der Waals surface area (Å²) in [6.07, 6.45) is 3.86. The van der Waals surface area contributed by atoms with E-state index in [-0.39, 0.29) is 12.6 Å². The van der Waals surface area contributed by atoms with Crippen molar-refractivity contribution < 1.29 is 9.84 Å². The van der Waals surface area contributed by atoms with Crippen LogP contribution in [0.4, 0.5) is 0 Å². The molecule has 0 bridgehead atoms. The third kappa shape index (κ3) is 2.81. The SMILES string of the molecule is CCc1nc(C)ccc1Oc1ncc(CO)cn1. The molecule has 0 aliphatic rings. The molecule has 0 aliphatic heterocycles. The van der Waals surface area contributed by atoms with Gasteiger partial charge in [-0.1, -0.05) is 6.92 Å². The molecule has 0 saturated carbocycles. The van der Waals surface area contributed by atoms with Crippen LogP contribution in [0.1, 0.15) is 23.9 Å². The van der Waals surface area contributed by atoms with Crippen LogP contribution in [0.15, 0.2) is 24.5 Å². The molecule has 0 fully saturated rings. The van der Waals surface area contributed by atoms with Gasteiger partial charge in [0.15, 0.2) is 5.75 Å². The van der Waals surface area contributed by atoms with E-state index in [1.807, 2.05) is 26.0 Å². The quantitative estimate of drug-likeness (QED) is 0.892. The highest BCUT2D eigenvalue weighted by Gasteiger charge is 2.07. The van der Waals surface area contributed by atoms with Crippen molar-refractivity contribution in [3.63, 3.8) is 0 Å². The topological polar surface area (TPSA) is 68.1 Å². The molecule has 2 rings (SSSR count). The number of nitrogens with zero attached hydrogens (tertiary/aromatic N) is 3. The number of hydrogen-bond donors (Lipinski definition) is 1. The van der Waals surface area contributed by atoms with E-state index < -0.39 is 0 Å². The highest BCUT2D eigenvalue weighted by atomic mass is 16.5. The molecule has 2 heterocycles. The maximum Gasteiger partial charge on any atom is 0.321 e. The van der Waals surface area contributed by atoms with Gasteiger partial charge < -0.3 is 9.84 Å². The summed E-state index contributed by atoms with van der Waals surface area (Å²) < 4.78 is 5.59. The number of aliphatic hydroxyl groups is 1. The summed E-state index contributed by atoms with van der Waals surface area (Å²) in [7, 11) is 0. The van der Waals surface area contributed by atoms with Gasteiger partial charge in [0, 0.05) is 23.7 Å². The smallest absolute Gasteiger partial charge is 0.321 e. The van der Waals surface area contributed by atoms with Gasteiger partial charge in [-0.25, -0.2) is 9.97 Å². The Morgan fingerprint density at radius 1 is 1.22 bits per heavy atom. The number of aliphatic hydroxyl groups excluding tert-OH is 1. The summed E-state index contributed by atoms with van der Waals surface area (Å²) in [6, 6.07) is 4.01. The molecule has 2 aromatic rings. The lowest BCUT2D eigenvalue weighted by molar-refractivity contribution is 0.280. The van der Waals surface area contributed by atoms with E-state index in [1.54, 1.807) is 0 Å². The van der Waals surface area contributed by atoms with Gasteiger partial charge in [-0.05, 0) is 25.5 Å². The number of aryl methyl sites for hydroxylation is 2. The van der Waals surface area contributed by atoms with Crippen molar-refractivity contribution in [1.29, 1.82) is 0 Å². The largest absolute Gasteiger partial charge is 0.422 e. The second kappa shape index (κ2) is 5.55. The molecule has 0 atom stereocenters. The van der Waals surface area contributed by atoms with E-state index in [4.69, 9.17) is 9.84 Å². The fourth-order valence-corrected chi connectivity index (χ4v) is 1.52. The van der Waals surface area contributed by atoms with Crippen LogP contribution in [-0.2, 0) is 13.0 Å². The summed E-state index contributed by atoms with van der Waals surface area (Å²) in [5, 5.41) is 8.90. The average molecular weight is 245 g/mol. The summed E-state index contributed by atoms with van der Waals surface area (Å²) in [6.45, 7) is 3.88. The Morgan fingerprint density at radius 3 is 2.56 bits per heavy atom. The van der Waals surface area contributed by atoms with Crippen molar-refractivity contribution in [2.45, 2.75) is 26.9 Å². The number of ether oxygens (including phenoxy) is 1. The molecule has 2 aromatic heterocycles. The zero-order chi connectivity index (χ0) is 13.0. The monoisotopic (exact) mass is 245 g/mol. The molecule has 0 aromatic carbocycles. The van der Waals surface area contributed by atoms with E-state index in [2.05, 4.69) is 15.0 Å². The second-order valence-electron chi connectivity index (χ2n) is 3.89. The van der Waals surface area contributed by atoms with Crippen molar-refractivity contribution in [2.75, 3.05) is 0 Å². The molecule has 1 N–H and O–H groups in total. The zero-order valence-corrected chi connectivity index (χ0v) is 10.4. The number of hydrogen-bond acceptors (Lipinski definition) is 5.